The third-order valence-electron chi connectivity index (χ3n) is 2.68. The molecule has 1 unspecified atom stereocenters. The third-order valence-corrected chi connectivity index (χ3v) is 2.68. The standard InChI is InChI=1S/C9H15N7/c1-6(4-10)15(2)9-11-5-7-8(12-9)13-14-16(7)3/h5-6H,4,10H2,1-3H3. The zero-order valence-corrected chi connectivity index (χ0v) is 9.62. The van der Waals surface area contributed by atoms with Gasteiger partial charge in [0.25, 0.3) is 0 Å². The Balaban J connectivity index is 2.39. The number of aryl methyl sites for hydroxylation is 1. The molecule has 0 saturated carbocycles. The van der Waals surface area contributed by atoms with Crippen LogP contribution >= 0.6 is 0 Å². The average Bonchev–Trinajstić information content (AvgIpc) is 2.68. The number of anilines is 1. The first-order valence-electron chi connectivity index (χ1n) is 5.08. The molecule has 0 aliphatic rings. The molecule has 0 aliphatic heterocycles. The molecule has 0 bridgehead atoms. The van der Waals surface area contributed by atoms with Crippen LogP contribution in [0.2, 0.25) is 0 Å². The van der Waals surface area contributed by atoms with Gasteiger partial charge in [0.2, 0.25) is 11.6 Å². The molecule has 7 heteroatoms. The zero-order valence-electron chi connectivity index (χ0n) is 9.62. The van der Waals surface area contributed by atoms with E-state index in [1.807, 2.05) is 25.9 Å². The van der Waals surface area contributed by atoms with E-state index in [-0.39, 0.29) is 6.04 Å². The summed E-state index contributed by atoms with van der Waals surface area (Å²) in [5.41, 5.74) is 7.02. The van der Waals surface area contributed by atoms with E-state index in [0.717, 1.165) is 5.52 Å². The molecule has 0 aliphatic carbocycles. The Hall–Kier alpha value is -1.76. The predicted molar refractivity (Wildman–Crippen MR) is 61.0 cm³/mol. The van der Waals surface area contributed by atoms with Gasteiger partial charge in [-0.3, -0.25) is 0 Å². The van der Waals surface area contributed by atoms with Gasteiger partial charge in [-0.25, -0.2) is 9.67 Å². The summed E-state index contributed by atoms with van der Waals surface area (Å²) < 4.78 is 1.64. The van der Waals surface area contributed by atoms with Gasteiger partial charge in [-0.05, 0) is 6.92 Å². The summed E-state index contributed by atoms with van der Waals surface area (Å²) in [6, 6.07) is 0.189. The highest BCUT2D eigenvalue weighted by Crippen LogP contribution is 2.12. The monoisotopic (exact) mass is 221 g/mol. The molecule has 2 N–H and O–H groups in total. The second-order valence-electron chi connectivity index (χ2n) is 3.79. The summed E-state index contributed by atoms with van der Waals surface area (Å²) in [4.78, 5) is 10.5. The van der Waals surface area contributed by atoms with Crippen molar-refractivity contribution in [1.82, 2.24) is 25.0 Å². The van der Waals surface area contributed by atoms with Gasteiger partial charge in [0.15, 0.2) is 0 Å². The Morgan fingerprint density at radius 1 is 1.56 bits per heavy atom. The highest BCUT2D eigenvalue weighted by molar-refractivity contribution is 5.69. The van der Waals surface area contributed by atoms with E-state index in [9.17, 15) is 0 Å². The molecule has 2 aromatic rings. The topological polar surface area (TPSA) is 85.8 Å². The molecule has 0 aromatic carbocycles. The van der Waals surface area contributed by atoms with Crippen LogP contribution in [0.3, 0.4) is 0 Å². The lowest BCUT2D eigenvalue weighted by molar-refractivity contribution is 0.679. The minimum atomic E-state index is 0.189. The highest BCUT2D eigenvalue weighted by atomic mass is 15.4. The van der Waals surface area contributed by atoms with Crippen molar-refractivity contribution >= 4 is 17.1 Å². The van der Waals surface area contributed by atoms with E-state index in [4.69, 9.17) is 5.73 Å². The summed E-state index contributed by atoms with van der Waals surface area (Å²) in [5.74, 6) is 0.617. The molecule has 2 aromatic heterocycles. The molecular weight excluding hydrogens is 206 g/mol. The SMILES string of the molecule is CC(CN)N(C)c1ncc2c(nnn2C)n1. The fourth-order valence-corrected chi connectivity index (χ4v) is 1.34. The van der Waals surface area contributed by atoms with Crippen molar-refractivity contribution in [3.8, 4) is 0 Å². The Bertz CT molecular complexity index is 492. The molecule has 0 saturated heterocycles. The first kappa shape index (κ1) is 10.7. The van der Waals surface area contributed by atoms with E-state index in [0.29, 0.717) is 18.1 Å². The molecule has 0 spiro atoms. The molecule has 2 rings (SSSR count). The number of rotatable bonds is 3. The Morgan fingerprint density at radius 2 is 2.31 bits per heavy atom. The van der Waals surface area contributed by atoms with Gasteiger partial charge < -0.3 is 10.6 Å². The smallest absolute Gasteiger partial charge is 0.227 e. The van der Waals surface area contributed by atoms with Gasteiger partial charge in [0.1, 0.15) is 5.52 Å². The Morgan fingerprint density at radius 3 is 3.00 bits per heavy atom. The number of hydrogen-bond donors (Lipinski definition) is 1. The molecule has 7 nitrogen and oxygen atoms in total. The molecule has 0 amide bonds. The van der Waals surface area contributed by atoms with Crippen LogP contribution in [-0.4, -0.2) is 44.6 Å². The number of hydrogen-bond acceptors (Lipinski definition) is 6. The number of aromatic nitrogens is 5. The van der Waals surface area contributed by atoms with Crippen molar-refractivity contribution in [2.24, 2.45) is 12.8 Å². The summed E-state index contributed by atoms with van der Waals surface area (Å²) in [5, 5.41) is 7.83. The summed E-state index contributed by atoms with van der Waals surface area (Å²) in [7, 11) is 3.72. The van der Waals surface area contributed by atoms with Gasteiger partial charge in [-0.2, -0.15) is 4.98 Å². The van der Waals surface area contributed by atoms with Gasteiger partial charge in [0, 0.05) is 26.7 Å². The summed E-state index contributed by atoms with van der Waals surface area (Å²) in [6.07, 6.45) is 1.72. The molecule has 0 radical (unpaired) electrons. The van der Waals surface area contributed by atoms with Crippen LogP contribution in [0.25, 0.3) is 11.2 Å². The van der Waals surface area contributed by atoms with Gasteiger partial charge >= 0.3 is 0 Å². The van der Waals surface area contributed by atoms with Crippen LogP contribution < -0.4 is 10.6 Å². The minimum Gasteiger partial charge on any atom is -0.340 e. The van der Waals surface area contributed by atoms with Crippen LogP contribution in [0.4, 0.5) is 5.95 Å². The maximum atomic E-state index is 5.60. The van der Waals surface area contributed by atoms with E-state index in [1.54, 1.807) is 10.9 Å². The molecule has 2 heterocycles. The normalized spacial score (nSPS) is 13.0. The number of fused-ring (bicyclic) bond motifs is 1. The largest absolute Gasteiger partial charge is 0.340 e. The minimum absolute atomic E-state index is 0.189. The first-order valence-corrected chi connectivity index (χ1v) is 5.08. The maximum Gasteiger partial charge on any atom is 0.227 e. The number of nitrogens with zero attached hydrogens (tertiary/aromatic N) is 6. The molecule has 86 valence electrons. The van der Waals surface area contributed by atoms with E-state index >= 15 is 0 Å². The summed E-state index contributed by atoms with van der Waals surface area (Å²) in [6.45, 7) is 2.57. The number of nitrogens with two attached hydrogens (primary N) is 1. The van der Waals surface area contributed by atoms with Crippen molar-refractivity contribution in [3.63, 3.8) is 0 Å². The lowest BCUT2D eigenvalue weighted by atomic mass is 10.3. The lowest BCUT2D eigenvalue weighted by Crippen LogP contribution is -2.36. The van der Waals surface area contributed by atoms with Crippen molar-refractivity contribution in [2.45, 2.75) is 13.0 Å². The maximum absolute atomic E-state index is 5.60. The quantitative estimate of drug-likeness (QED) is 0.755. The predicted octanol–water partition coefficient (Wildman–Crippen LogP) is -0.458. The van der Waals surface area contributed by atoms with Crippen LogP contribution in [0, 0.1) is 0 Å². The van der Waals surface area contributed by atoms with E-state index in [1.165, 1.54) is 0 Å². The van der Waals surface area contributed by atoms with E-state index in [2.05, 4.69) is 20.3 Å². The second kappa shape index (κ2) is 4.01. The lowest BCUT2D eigenvalue weighted by Gasteiger charge is -2.22. The first-order chi connectivity index (χ1) is 7.63. The molecule has 16 heavy (non-hydrogen) atoms. The Kier molecular flexibility index (Phi) is 2.69. The fourth-order valence-electron chi connectivity index (χ4n) is 1.34. The highest BCUT2D eigenvalue weighted by Gasteiger charge is 2.13. The molecular formula is C9H15N7. The molecule has 0 fully saturated rings. The van der Waals surface area contributed by atoms with Crippen molar-refractivity contribution in [1.29, 1.82) is 0 Å². The van der Waals surface area contributed by atoms with Crippen molar-refractivity contribution in [2.75, 3.05) is 18.5 Å². The Labute approximate surface area is 93.3 Å². The summed E-state index contributed by atoms with van der Waals surface area (Å²) >= 11 is 0. The van der Waals surface area contributed by atoms with Crippen molar-refractivity contribution < 1.29 is 0 Å². The van der Waals surface area contributed by atoms with E-state index < -0.39 is 0 Å². The van der Waals surface area contributed by atoms with Crippen LogP contribution in [0.5, 0.6) is 0 Å². The number of likely N-dealkylation sites (N-methyl/N-ethyl adjacent to an activating group) is 1. The average molecular weight is 221 g/mol. The van der Waals surface area contributed by atoms with Crippen LogP contribution in [-0.2, 0) is 7.05 Å². The van der Waals surface area contributed by atoms with Crippen LogP contribution in [0.1, 0.15) is 6.92 Å². The van der Waals surface area contributed by atoms with Gasteiger partial charge in [-0.1, -0.05) is 5.21 Å². The van der Waals surface area contributed by atoms with Gasteiger partial charge in [-0.15, -0.1) is 5.10 Å². The molecule has 1 atom stereocenters. The van der Waals surface area contributed by atoms with Crippen molar-refractivity contribution in [3.05, 3.63) is 6.20 Å². The zero-order chi connectivity index (χ0) is 11.7. The third kappa shape index (κ3) is 1.69. The second-order valence-corrected chi connectivity index (χ2v) is 3.79. The van der Waals surface area contributed by atoms with Crippen LogP contribution in [0.15, 0.2) is 6.20 Å². The van der Waals surface area contributed by atoms with Gasteiger partial charge in [0.05, 0.1) is 6.20 Å². The fraction of sp³-hybridized carbons (Fsp3) is 0.556.